The van der Waals surface area contributed by atoms with E-state index in [2.05, 4.69) is 37.6 Å². The molecule has 1 unspecified atom stereocenters. The van der Waals surface area contributed by atoms with Crippen molar-refractivity contribution in [1.29, 1.82) is 0 Å². The Morgan fingerprint density at radius 1 is 1.24 bits per heavy atom. The lowest BCUT2D eigenvalue weighted by Crippen LogP contribution is -2.45. The molecule has 29 heavy (non-hydrogen) atoms. The molecule has 0 spiro atoms. The summed E-state index contributed by atoms with van der Waals surface area (Å²) < 4.78 is 0. The average molecular weight is 401 g/mol. The zero-order valence-electron chi connectivity index (χ0n) is 18.2. The highest BCUT2D eigenvalue weighted by Gasteiger charge is 2.27. The van der Waals surface area contributed by atoms with Gasteiger partial charge < -0.3 is 20.4 Å². The lowest BCUT2D eigenvalue weighted by Gasteiger charge is -2.22. The van der Waals surface area contributed by atoms with Crippen molar-refractivity contribution in [2.45, 2.75) is 58.5 Å². The maximum Gasteiger partial charge on any atom is 0.225 e. The lowest BCUT2D eigenvalue weighted by molar-refractivity contribution is -0.133. The first-order valence-electron chi connectivity index (χ1n) is 11.0. The molecule has 3 heterocycles. The molecule has 1 atom stereocenters. The van der Waals surface area contributed by atoms with E-state index in [1.54, 1.807) is 7.05 Å². The fraction of sp³-hybridized carbons (Fsp3) is 0.682. The first kappa shape index (κ1) is 21.4. The van der Waals surface area contributed by atoms with Crippen LogP contribution in [0.4, 0.5) is 5.82 Å². The smallest absolute Gasteiger partial charge is 0.225 e. The molecule has 0 bridgehead atoms. The van der Waals surface area contributed by atoms with Crippen LogP contribution in [0.25, 0.3) is 0 Å². The van der Waals surface area contributed by atoms with Crippen molar-refractivity contribution in [2.24, 2.45) is 10.9 Å². The minimum Gasteiger partial charge on any atom is -0.357 e. The number of nitrogens with one attached hydrogen (secondary N) is 2. The molecular formula is C22H36N6O. The minimum absolute atomic E-state index is 0.0521. The van der Waals surface area contributed by atoms with Gasteiger partial charge in [0, 0.05) is 57.9 Å². The van der Waals surface area contributed by atoms with Gasteiger partial charge in [-0.05, 0) is 37.0 Å². The van der Waals surface area contributed by atoms with Gasteiger partial charge in [-0.1, -0.05) is 26.7 Å². The van der Waals surface area contributed by atoms with Gasteiger partial charge in [-0.2, -0.15) is 0 Å². The van der Waals surface area contributed by atoms with Crippen molar-refractivity contribution < 1.29 is 4.79 Å². The SMILES string of the molecule is CN=C(NCc1ccnc(N2CCCCCC2)c1)NC1CCN(C(=O)C(C)C)C1. The maximum absolute atomic E-state index is 12.2. The Kier molecular flexibility index (Phi) is 7.72. The molecule has 0 aromatic carbocycles. The summed E-state index contributed by atoms with van der Waals surface area (Å²) in [7, 11) is 1.79. The summed E-state index contributed by atoms with van der Waals surface area (Å²) in [4.78, 5) is 25.5. The van der Waals surface area contributed by atoms with E-state index in [4.69, 9.17) is 0 Å². The number of hydrogen-bond acceptors (Lipinski definition) is 4. The Morgan fingerprint density at radius 2 is 2.00 bits per heavy atom. The van der Waals surface area contributed by atoms with Crippen LogP contribution in [0.1, 0.15) is 51.5 Å². The largest absolute Gasteiger partial charge is 0.357 e. The van der Waals surface area contributed by atoms with Crippen LogP contribution in [0.2, 0.25) is 0 Å². The van der Waals surface area contributed by atoms with Crippen LogP contribution in [0.15, 0.2) is 23.3 Å². The number of pyridine rings is 1. The van der Waals surface area contributed by atoms with E-state index in [1.165, 1.54) is 31.2 Å². The Bertz CT molecular complexity index is 696. The molecule has 160 valence electrons. The normalized spacial score (nSPS) is 20.7. The summed E-state index contributed by atoms with van der Waals surface area (Å²) in [6.07, 6.45) is 7.99. The van der Waals surface area contributed by atoms with E-state index >= 15 is 0 Å². The molecule has 2 saturated heterocycles. The zero-order valence-corrected chi connectivity index (χ0v) is 18.2. The van der Waals surface area contributed by atoms with Crippen LogP contribution in [0.5, 0.6) is 0 Å². The number of hydrogen-bond donors (Lipinski definition) is 2. The van der Waals surface area contributed by atoms with Crippen molar-refractivity contribution in [3.05, 3.63) is 23.9 Å². The molecule has 0 saturated carbocycles. The quantitative estimate of drug-likeness (QED) is 0.586. The molecule has 3 rings (SSSR count). The Hall–Kier alpha value is -2.31. The monoisotopic (exact) mass is 400 g/mol. The molecule has 2 aliphatic rings. The van der Waals surface area contributed by atoms with E-state index < -0.39 is 0 Å². The number of guanidine groups is 1. The fourth-order valence-electron chi connectivity index (χ4n) is 4.06. The second kappa shape index (κ2) is 10.5. The van der Waals surface area contributed by atoms with Crippen molar-refractivity contribution >= 4 is 17.7 Å². The number of anilines is 1. The first-order chi connectivity index (χ1) is 14.1. The third-order valence-corrected chi connectivity index (χ3v) is 5.76. The second-order valence-corrected chi connectivity index (χ2v) is 8.42. The number of carbonyl (C=O) groups excluding carboxylic acids is 1. The zero-order chi connectivity index (χ0) is 20.6. The fourth-order valence-corrected chi connectivity index (χ4v) is 4.06. The molecule has 2 aliphatic heterocycles. The summed E-state index contributed by atoms with van der Waals surface area (Å²) in [5.74, 6) is 2.14. The summed E-state index contributed by atoms with van der Waals surface area (Å²) in [5, 5.41) is 6.88. The van der Waals surface area contributed by atoms with Crippen molar-refractivity contribution in [3.8, 4) is 0 Å². The third-order valence-electron chi connectivity index (χ3n) is 5.76. The number of carbonyl (C=O) groups is 1. The number of aromatic nitrogens is 1. The standard InChI is InChI=1S/C22H36N6O/c1-17(2)21(29)28-13-9-19(16-28)26-22(23-3)25-15-18-8-10-24-20(14-18)27-11-6-4-5-7-12-27/h8,10,14,17,19H,4-7,9,11-13,15-16H2,1-3H3,(H2,23,25,26). The second-order valence-electron chi connectivity index (χ2n) is 8.42. The third kappa shape index (κ3) is 6.08. The van der Waals surface area contributed by atoms with Gasteiger partial charge in [0.2, 0.25) is 5.91 Å². The molecule has 1 aromatic heterocycles. The summed E-state index contributed by atoms with van der Waals surface area (Å²) in [6.45, 7) is 8.36. The Balaban J connectivity index is 1.51. The maximum atomic E-state index is 12.2. The number of rotatable bonds is 5. The molecule has 7 nitrogen and oxygen atoms in total. The van der Waals surface area contributed by atoms with Crippen LogP contribution < -0.4 is 15.5 Å². The van der Waals surface area contributed by atoms with Gasteiger partial charge in [0.15, 0.2) is 5.96 Å². The molecule has 1 aromatic rings. The molecule has 2 fully saturated rings. The summed E-state index contributed by atoms with van der Waals surface area (Å²) in [6, 6.07) is 4.48. The highest BCUT2D eigenvalue weighted by molar-refractivity contribution is 5.81. The molecule has 7 heteroatoms. The van der Waals surface area contributed by atoms with Gasteiger partial charge in [0.25, 0.3) is 0 Å². The summed E-state index contributed by atoms with van der Waals surface area (Å²) in [5.41, 5.74) is 1.20. The molecule has 1 amide bonds. The molecule has 2 N–H and O–H groups in total. The topological polar surface area (TPSA) is 72.9 Å². The van der Waals surface area contributed by atoms with Crippen LogP contribution >= 0.6 is 0 Å². The summed E-state index contributed by atoms with van der Waals surface area (Å²) >= 11 is 0. The van der Waals surface area contributed by atoms with E-state index in [0.717, 1.165) is 44.4 Å². The average Bonchev–Trinajstić information content (AvgIpc) is 3.02. The van der Waals surface area contributed by atoms with Crippen LogP contribution in [0.3, 0.4) is 0 Å². The highest BCUT2D eigenvalue weighted by atomic mass is 16.2. The van der Waals surface area contributed by atoms with Gasteiger partial charge in [-0.15, -0.1) is 0 Å². The Labute approximate surface area is 175 Å². The van der Waals surface area contributed by atoms with Gasteiger partial charge >= 0.3 is 0 Å². The molecule has 0 radical (unpaired) electrons. The van der Waals surface area contributed by atoms with Crippen molar-refractivity contribution in [3.63, 3.8) is 0 Å². The van der Waals surface area contributed by atoms with Crippen molar-refractivity contribution in [1.82, 2.24) is 20.5 Å². The number of aliphatic imine (C=N–C) groups is 1. The van der Waals surface area contributed by atoms with Crippen LogP contribution in [0, 0.1) is 5.92 Å². The number of nitrogens with zero attached hydrogens (tertiary/aromatic N) is 4. The minimum atomic E-state index is 0.0521. The van der Waals surface area contributed by atoms with Gasteiger partial charge in [-0.3, -0.25) is 9.79 Å². The molecule has 0 aliphatic carbocycles. The van der Waals surface area contributed by atoms with E-state index in [-0.39, 0.29) is 17.9 Å². The van der Waals surface area contributed by atoms with Crippen LogP contribution in [-0.2, 0) is 11.3 Å². The molecular weight excluding hydrogens is 364 g/mol. The van der Waals surface area contributed by atoms with Crippen molar-refractivity contribution in [2.75, 3.05) is 38.1 Å². The highest BCUT2D eigenvalue weighted by Crippen LogP contribution is 2.18. The Morgan fingerprint density at radius 3 is 2.69 bits per heavy atom. The van der Waals surface area contributed by atoms with Gasteiger partial charge in [-0.25, -0.2) is 4.98 Å². The number of amides is 1. The van der Waals surface area contributed by atoms with E-state index in [0.29, 0.717) is 6.54 Å². The number of likely N-dealkylation sites (tertiary alicyclic amines) is 1. The first-order valence-corrected chi connectivity index (χ1v) is 11.0. The van der Waals surface area contributed by atoms with Gasteiger partial charge in [0.1, 0.15) is 5.82 Å². The van der Waals surface area contributed by atoms with E-state index in [1.807, 2.05) is 24.9 Å². The van der Waals surface area contributed by atoms with E-state index in [9.17, 15) is 4.79 Å². The lowest BCUT2D eigenvalue weighted by atomic mass is 10.2. The van der Waals surface area contributed by atoms with Crippen LogP contribution in [-0.4, -0.2) is 61.0 Å². The van der Waals surface area contributed by atoms with Gasteiger partial charge in [0.05, 0.1) is 0 Å². The predicted molar refractivity (Wildman–Crippen MR) is 118 cm³/mol. The predicted octanol–water partition coefficient (Wildman–Crippen LogP) is 2.38.